The largest absolute Gasteiger partial charge is 0.389 e. The molecule has 0 spiro atoms. The lowest BCUT2D eigenvalue weighted by Crippen LogP contribution is -2.47. The van der Waals surface area contributed by atoms with Crippen molar-refractivity contribution in [2.45, 2.75) is 84.4 Å². The van der Waals surface area contributed by atoms with Gasteiger partial charge in [0, 0.05) is 31.5 Å². The van der Waals surface area contributed by atoms with Crippen molar-refractivity contribution in [2.75, 3.05) is 13.2 Å². The maximum Gasteiger partial charge on any atom is 0.174 e. The van der Waals surface area contributed by atoms with Gasteiger partial charge in [0.15, 0.2) is 5.79 Å². The first-order chi connectivity index (χ1) is 15.2. The predicted molar refractivity (Wildman–Crippen MR) is 125 cm³/mol. The fourth-order valence-corrected chi connectivity index (χ4v) is 8.49. The summed E-state index contributed by atoms with van der Waals surface area (Å²) in [6.45, 7) is 13.3. The van der Waals surface area contributed by atoms with Gasteiger partial charge in [0.25, 0.3) is 0 Å². The lowest BCUT2D eigenvalue weighted by molar-refractivity contribution is -0.249. The van der Waals surface area contributed by atoms with E-state index in [-0.39, 0.29) is 29.3 Å². The van der Waals surface area contributed by atoms with Gasteiger partial charge < -0.3 is 19.3 Å². The molecule has 4 nitrogen and oxygen atoms in total. The zero-order valence-corrected chi connectivity index (χ0v) is 20.5. The first-order valence-electron chi connectivity index (χ1n) is 12.9. The zero-order valence-electron chi connectivity index (χ0n) is 20.5. The van der Waals surface area contributed by atoms with Crippen LogP contribution >= 0.6 is 0 Å². The van der Waals surface area contributed by atoms with Crippen molar-refractivity contribution in [2.24, 2.45) is 40.9 Å². The van der Waals surface area contributed by atoms with E-state index in [0.29, 0.717) is 37.6 Å². The van der Waals surface area contributed by atoms with E-state index >= 15 is 0 Å². The van der Waals surface area contributed by atoms with Crippen molar-refractivity contribution < 1.29 is 19.3 Å². The number of aliphatic hydroxyl groups is 1. The lowest BCUT2D eigenvalue weighted by atomic mass is 9.56. The average Bonchev–Trinajstić information content (AvgIpc) is 3.25. The normalized spacial score (nSPS) is 45.0. The highest BCUT2D eigenvalue weighted by atomic mass is 16.7. The molecule has 0 amide bonds. The molecule has 0 unspecified atom stereocenters. The minimum absolute atomic E-state index is 0.0769. The van der Waals surface area contributed by atoms with Crippen molar-refractivity contribution in [1.29, 1.82) is 0 Å². The summed E-state index contributed by atoms with van der Waals surface area (Å²) in [5.74, 6) is 1.57. The third-order valence-corrected chi connectivity index (χ3v) is 9.58. The Balaban J connectivity index is 1.36. The van der Waals surface area contributed by atoms with Gasteiger partial charge in [0.05, 0.1) is 18.3 Å². The maximum atomic E-state index is 12.4. The smallest absolute Gasteiger partial charge is 0.174 e. The minimum Gasteiger partial charge on any atom is -0.389 e. The first-order valence-corrected chi connectivity index (χ1v) is 12.9. The van der Waals surface area contributed by atoms with Crippen molar-refractivity contribution in [3.8, 4) is 0 Å². The highest BCUT2D eigenvalue weighted by Gasteiger charge is 2.83. The summed E-state index contributed by atoms with van der Waals surface area (Å²) in [5.41, 5.74) is 0.615. The molecule has 1 saturated heterocycles. The zero-order chi connectivity index (χ0) is 22.7. The van der Waals surface area contributed by atoms with E-state index in [1.165, 1.54) is 18.4 Å². The highest BCUT2D eigenvalue weighted by Crippen LogP contribution is 2.78. The highest BCUT2D eigenvalue weighted by molar-refractivity contribution is 5.28. The standard InChI is InChI=1S/C28H42O4/c1-6-31-28-15-22-26(5)13-12-21(18(2)3)24(32-28)23(26)25(28)27(22,29)14-19(4)16-30-17-20-10-8-7-9-11-20/h7-11,18-19,21-25,29H,6,12-17H2,1-5H3/t19-,21-,22-,23-,24+,25+,26+,27+,28-/m0/s1. The van der Waals surface area contributed by atoms with Crippen molar-refractivity contribution >= 4 is 0 Å². The van der Waals surface area contributed by atoms with E-state index in [1.807, 2.05) is 18.2 Å². The molecule has 4 heteroatoms. The molecule has 3 saturated carbocycles. The van der Waals surface area contributed by atoms with Crippen molar-refractivity contribution in [3.05, 3.63) is 35.9 Å². The van der Waals surface area contributed by atoms with Gasteiger partial charge in [-0.3, -0.25) is 0 Å². The Morgan fingerprint density at radius 2 is 1.94 bits per heavy atom. The Bertz CT molecular complexity index is 811. The molecule has 1 N–H and O–H groups in total. The van der Waals surface area contributed by atoms with Crippen LogP contribution in [0, 0.1) is 40.9 Å². The summed E-state index contributed by atoms with van der Waals surface area (Å²) >= 11 is 0. The Hall–Kier alpha value is -0.940. The summed E-state index contributed by atoms with van der Waals surface area (Å²) in [7, 11) is 0. The molecular formula is C28H42O4. The molecule has 9 atom stereocenters. The van der Waals surface area contributed by atoms with Gasteiger partial charge in [-0.2, -0.15) is 0 Å². The molecule has 3 aliphatic carbocycles. The molecule has 4 aliphatic rings. The second-order valence-electron chi connectivity index (χ2n) is 11.8. The molecule has 2 bridgehead atoms. The second-order valence-corrected chi connectivity index (χ2v) is 11.8. The molecule has 0 aromatic heterocycles. The fourth-order valence-electron chi connectivity index (χ4n) is 8.49. The van der Waals surface area contributed by atoms with Gasteiger partial charge in [-0.25, -0.2) is 0 Å². The topological polar surface area (TPSA) is 47.9 Å². The number of hydrogen-bond donors (Lipinski definition) is 1. The summed E-state index contributed by atoms with van der Waals surface area (Å²) in [5, 5.41) is 12.4. The molecule has 5 rings (SSSR count). The summed E-state index contributed by atoms with van der Waals surface area (Å²) in [6.07, 6.45) is 4.22. The van der Waals surface area contributed by atoms with Gasteiger partial charge in [-0.1, -0.05) is 58.0 Å². The Morgan fingerprint density at radius 3 is 2.62 bits per heavy atom. The molecule has 1 aliphatic heterocycles. The average molecular weight is 443 g/mol. The van der Waals surface area contributed by atoms with E-state index in [2.05, 4.69) is 46.8 Å². The van der Waals surface area contributed by atoms with Crippen LogP contribution < -0.4 is 0 Å². The third kappa shape index (κ3) is 3.24. The van der Waals surface area contributed by atoms with E-state index < -0.39 is 11.4 Å². The number of fused-ring (bicyclic) bond motifs is 2. The molecule has 0 radical (unpaired) electrons. The van der Waals surface area contributed by atoms with Crippen LogP contribution in [0.2, 0.25) is 0 Å². The van der Waals surface area contributed by atoms with Gasteiger partial charge in [-0.05, 0) is 60.8 Å². The Morgan fingerprint density at radius 1 is 1.19 bits per heavy atom. The summed E-state index contributed by atoms with van der Waals surface area (Å²) in [6, 6.07) is 10.3. The van der Waals surface area contributed by atoms with Gasteiger partial charge in [-0.15, -0.1) is 0 Å². The molecule has 32 heavy (non-hydrogen) atoms. The number of benzene rings is 1. The Kier molecular flexibility index (Phi) is 5.76. The van der Waals surface area contributed by atoms with Gasteiger partial charge >= 0.3 is 0 Å². The molecule has 1 heterocycles. The quantitative estimate of drug-likeness (QED) is 0.554. The lowest BCUT2D eigenvalue weighted by Gasteiger charge is -2.47. The van der Waals surface area contributed by atoms with E-state index in [0.717, 1.165) is 12.8 Å². The second kappa shape index (κ2) is 8.08. The maximum absolute atomic E-state index is 12.4. The van der Waals surface area contributed by atoms with Crippen molar-refractivity contribution in [3.63, 3.8) is 0 Å². The van der Waals surface area contributed by atoms with Crippen molar-refractivity contribution in [1.82, 2.24) is 0 Å². The van der Waals surface area contributed by atoms with E-state index in [9.17, 15) is 5.11 Å². The molecule has 1 aromatic rings. The van der Waals surface area contributed by atoms with Gasteiger partial charge in [0.1, 0.15) is 0 Å². The van der Waals surface area contributed by atoms with E-state index in [1.54, 1.807) is 0 Å². The van der Waals surface area contributed by atoms with Crippen LogP contribution in [0.25, 0.3) is 0 Å². The first kappa shape index (κ1) is 22.8. The van der Waals surface area contributed by atoms with Crippen LogP contribution in [0.1, 0.15) is 65.9 Å². The van der Waals surface area contributed by atoms with Crippen LogP contribution in [-0.4, -0.2) is 35.8 Å². The van der Waals surface area contributed by atoms with Crippen LogP contribution in [-0.2, 0) is 20.8 Å². The molecule has 178 valence electrons. The SMILES string of the molecule is CCO[C@@]12C[C@H]3[C@@]4(C)CC[C@@H](C(C)C)[C@@H](O1)[C@H]4[C@@H]2[C@@]3(O)C[C@H](C)COCc1ccccc1. The van der Waals surface area contributed by atoms with Gasteiger partial charge in [0.2, 0.25) is 0 Å². The number of ether oxygens (including phenoxy) is 3. The molecular weight excluding hydrogens is 400 g/mol. The fraction of sp³-hybridized carbons (Fsp3) is 0.786. The molecule has 1 aromatic carbocycles. The summed E-state index contributed by atoms with van der Waals surface area (Å²) < 4.78 is 19.3. The van der Waals surface area contributed by atoms with Crippen LogP contribution in [0.3, 0.4) is 0 Å². The number of rotatable bonds is 9. The molecule has 4 fully saturated rings. The van der Waals surface area contributed by atoms with E-state index in [4.69, 9.17) is 14.2 Å². The van der Waals surface area contributed by atoms with Crippen LogP contribution in [0.15, 0.2) is 30.3 Å². The third-order valence-electron chi connectivity index (χ3n) is 9.58. The van der Waals surface area contributed by atoms with Crippen LogP contribution in [0.4, 0.5) is 0 Å². The Labute approximate surface area is 194 Å². The minimum atomic E-state index is -0.731. The summed E-state index contributed by atoms with van der Waals surface area (Å²) in [4.78, 5) is 0. The predicted octanol–water partition coefficient (Wildman–Crippen LogP) is 5.43. The number of hydrogen-bond acceptors (Lipinski definition) is 4. The monoisotopic (exact) mass is 442 g/mol. The van der Waals surface area contributed by atoms with Crippen LogP contribution in [0.5, 0.6) is 0 Å².